The summed E-state index contributed by atoms with van der Waals surface area (Å²) in [5.41, 5.74) is 2.60. The van der Waals surface area contributed by atoms with E-state index in [9.17, 15) is 9.59 Å². The van der Waals surface area contributed by atoms with Crippen molar-refractivity contribution in [3.63, 3.8) is 0 Å². The van der Waals surface area contributed by atoms with Crippen LogP contribution in [0.4, 0.5) is 5.69 Å². The van der Waals surface area contributed by atoms with Gasteiger partial charge in [-0.2, -0.15) is 0 Å². The van der Waals surface area contributed by atoms with E-state index in [1.165, 1.54) is 0 Å². The van der Waals surface area contributed by atoms with Gasteiger partial charge < -0.3 is 19.9 Å². The zero-order valence-corrected chi connectivity index (χ0v) is 14.3. The summed E-state index contributed by atoms with van der Waals surface area (Å²) in [4.78, 5) is 24.2. The lowest BCUT2D eigenvalue weighted by Crippen LogP contribution is -2.18. The van der Waals surface area contributed by atoms with Crippen molar-refractivity contribution in [3.8, 4) is 5.75 Å². The van der Waals surface area contributed by atoms with Crippen molar-refractivity contribution < 1.29 is 14.3 Å². The molecule has 0 unspecified atom stereocenters. The number of aromatic nitrogens is 1. The van der Waals surface area contributed by atoms with E-state index in [2.05, 4.69) is 10.6 Å². The minimum Gasteiger partial charge on any atom is -0.496 e. The fraction of sp³-hybridized carbons (Fsp3) is 0.158. The number of ether oxygens (including phenoxy) is 1. The molecule has 1 aromatic heterocycles. The van der Waals surface area contributed by atoms with E-state index in [0.29, 0.717) is 16.9 Å². The van der Waals surface area contributed by atoms with Crippen molar-refractivity contribution in [1.29, 1.82) is 0 Å². The molecule has 3 rings (SSSR count). The molecular weight excluding hydrogens is 318 g/mol. The van der Waals surface area contributed by atoms with E-state index >= 15 is 0 Å². The molecule has 0 aliphatic carbocycles. The quantitative estimate of drug-likeness (QED) is 0.769. The molecule has 0 saturated carbocycles. The molecular formula is C19H19N3O3. The van der Waals surface area contributed by atoms with Crippen LogP contribution in [0.25, 0.3) is 10.9 Å². The number of aryl methyl sites for hydroxylation is 1. The molecule has 25 heavy (non-hydrogen) atoms. The lowest BCUT2D eigenvalue weighted by molar-refractivity contribution is 0.0962. The van der Waals surface area contributed by atoms with Crippen LogP contribution >= 0.6 is 0 Å². The molecule has 1 heterocycles. The Morgan fingerprint density at radius 2 is 1.76 bits per heavy atom. The summed E-state index contributed by atoms with van der Waals surface area (Å²) in [5.74, 6) is 0.328. The maximum Gasteiger partial charge on any atom is 0.272 e. The standard InChI is InChI=1S/C19H19N3O3/c1-20-18(23)12-7-9-13(10-8-12)21-19(24)16-11-14-15(22(16)2)5-4-6-17(14)25-3/h4-11H,1-3H3,(H,20,23)(H,21,24). The number of hydrogen-bond acceptors (Lipinski definition) is 3. The van der Waals surface area contributed by atoms with Gasteiger partial charge in [0.2, 0.25) is 0 Å². The minimum absolute atomic E-state index is 0.168. The second-order valence-corrected chi connectivity index (χ2v) is 5.59. The fourth-order valence-corrected chi connectivity index (χ4v) is 2.77. The minimum atomic E-state index is -0.228. The topological polar surface area (TPSA) is 72.4 Å². The Bertz CT molecular complexity index is 942. The molecule has 2 amide bonds. The number of anilines is 1. The largest absolute Gasteiger partial charge is 0.496 e. The zero-order chi connectivity index (χ0) is 18.0. The van der Waals surface area contributed by atoms with Crippen molar-refractivity contribution in [2.24, 2.45) is 7.05 Å². The molecule has 0 aliphatic rings. The summed E-state index contributed by atoms with van der Waals surface area (Å²) in [6.45, 7) is 0. The van der Waals surface area contributed by atoms with Crippen LogP contribution in [0, 0.1) is 0 Å². The van der Waals surface area contributed by atoms with Crippen LogP contribution in [0.5, 0.6) is 5.75 Å². The molecule has 6 heteroatoms. The van der Waals surface area contributed by atoms with Crippen LogP contribution in [0.1, 0.15) is 20.8 Å². The van der Waals surface area contributed by atoms with E-state index in [-0.39, 0.29) is 11.8 Å². The number of carbonyl (C=O) groups is 2. The van der Waals surface area contributed by atoms with Crippen LogP contribution in [-0.4, -0.2) is 30.5 Å². The highest BCUT2D eigenvalue weighted by Gasteiger charge is 2.16. The molecule has 0 fully saturated rings. The van der Waals surface area contributed by atoms with E-state index in [4.69, 9.17) is 4.74 Å². The van der Waals surface area contributed by atoms with Gasteiger partial charge in [-0.05, 0) is 42.5 Å². The van der Waals surface area contributed by atoms with Crippen molar-refractivity contribution >= 4 is 28.4 Å². The van der Waals surface area contributed by atoms with E-state index in [0.717, 1.165) is 16.7 Å². The fourth-order valence-electron chi connectivity index (χ4n) is 2.77. The van der Waals surface area contributed by atoms with Gasteiger partial charge in [-0.25, -0.2) is 0 Å². The smallest absolute Gasteiger partial charge is 0.272 e. The Hall–Kier alpha value is -3.28. The zero-order valence-electron chi connectivity index (χ0n) is 14.3. The van der Waals surface area contributed by atoms with Crippen molar-refractivity contribution in [2.45, 2.75) is 0 Å². The van der Waals surface area contributed by atoms with Gasteiger partial charge in [-0.15, -0.1) is 0 Å². The van der Waals surface area contributed by atoms with Crippen molar-refractivity contribution in [3.05, 3.63) is 59.8 Å². The Kier molecular flexibility index (Phi) is 4.43. The molecule has 0 bridgehead atoms. The van der Waals surface area contributed by atoms with Gasteiger partial charge in [-0.1, -0.05) is 6.07 Å². The van der Waals surface area contributed by atoms with Gasteiger partial charge in [0.1, 0.15) is 11.4 Å². The maximum atomic E-state index is 12.6. The van der Waals surface area contributed by atoms with Gasteiger partial charge in [0.25, 0.3) is 11.8 Å². The van der Waals surface area contributed by atoms with Gasteiger partial charge in [0, 0.05) is 30.7 Å². The van der Waals surface area contributed by atoms with Gasteiger partial charge >= 0.3 is 0 Å². The molecule has 6 nitrogen and oxygen atoms in total. The van der Waals surface area contributed by atoms with Gasteiger partial charge in [0.15, 0.2) is 0 Å². The summed E-state index contributed by atoms with van der Waals surface area (Å²) in [6.07, 6.45) is 0. The predicted molar refractivity (Wildman–Crippen MR) is 97.3 cm³/mol. The average molecular weight is 337 g/mol. The monoisotopic (exact) mass is 337 g/mol. The van der Waals surface area contributed by atoms with Gasteiger partial charge in [-0.3, -0.25) is 9.59 Å². The Morgan fingerprint density at radius 3 is 2.40 bits per heavy atom. The van der Waals surface area contributed by atoms with E-state index < -0.39 is 0 Å². The first-order valence-electron chi connectivity index (χ1n) is 7.81. The third-order valence-electron chi connectivity index (χ3n) is 4.13. The SMILES string of the molecule is CNC(=O)c1ccc(NC(=O)c2cc3c(OC)cccc3n2C)cc1. The molecule has 2 aromatic carbocycles. The lowest BCUT2D eigenvalue weighted by atomic mass is 10.2. The number of nitrogens with zero attached hydrogens (tertiary/aromatic N) is 1. The molecule has 0 saturated heterocycles. The normalized spacial score (nSPS) is 10.5. The number of fused-ring (bicyclic) bond motifs is 1. The predicted octanol–water partition coefficient (Wildman–Crippen LogP) is 2.80. The highest BCUT2D eigenvalue weighted by molar-refractivity contribution is 6.07. The first-order valence-corrected chi connectivity index (χ1v) is 7.81. The molecule has 0 radical (unpaired) electrons. The first-order chi connectivity index (χ1) is 12.0. The highest BCUT2D eigenvalue weighted by Crippen LogP contribution is 2.28. The highest BCUT2D eigenvalue weighted by atomic mass is 16.5. The summed E-state index contributed by atoms with van der Waals surface area (Å²) < 4.78 is 7.18. The van der Waals surface area contributed by atoms with Gasteiger partial charge in [0.05, 0.1) is 12.6 Å². The Balaban J connectivity index is 1.87. The Morgan fingerprint density at radius 1 is 1.04 bits per heavy atom. The molecule has 0 atom stereocenters. The number of nitrogens with one attached hydrogen (secondary N) is 2. The van der Waals surface area contributed by atoms with Crippen LogP contribution in [-0.2, 0) is 7.05 Å². The van der Waals surface area contributed by atoms with Crippen molar-refractivity contribution in [1.82, 2.24) is 9.88 Å². The van der Waals surface area contributed by atoms with Crippen LogP contribution in [0.2, 0.25) is 0 Å². The number of benzene rings is 2. The third-order valence-corrected chi connectivity index (χ3v) is 4.13. The number of carbonyl (C=O) groups excluding carboxylic acids is 2. The number of amides is 2. The van der Waals surface area contributed by atoms with Crippen LogP contribution in [0.3, 0.4) is 0 Å². The average Bonchev–Trinajstić information content (AvgIpc) is 2.98. The maximum absolute atomic E-state index is 12.6. The first kappa shape index (κ1) is 16.6. The summed E-state index contributed by atoms with van der Waals surface area (Å²) in [5, 5.41) is 6.29. The number of rotatable bonds is 4. The molecule has 0 aliphatic heterocycles. The summed E-state index contributed by atoms with van der Waals surface area (Å²) >= 11 is 0. The van der Waals surface area contributed by atoms with Crippen molar-refractivity contribution in [2.75, 3.05) is 19.5 Å². The number of methoxy groups -OCH3 is 1. The second-order valence-electron chi connectivity index (χ2n) is 5.59. The summed E-state index contributed by atoms with van der Waals surface area (Å²) in [7, 11) is 5.02. The summed E-state index contributed by atoms with van der Waals surface area (Å²) in [6, 6.07) is 14.2. The molecule has 2 N–H and O–H groups in total. The van der Waals surface area contributed by atoms with Crippen LogP contribution < -0.4 is 15.4 Å². The van der Waals surface area contributed by atoms with E-state index in [1.54, 1.807) is 38.4 Å². The number of hydrogen-bond donors (Lipinski definition) is 2. The van der Waals surface area contributed by atoms with Crippen LogP contribution in [0.15, 0.2) is 48.5 Å². The molecule has 0 spiro atoms. The second kappa shape index (κ2) is 6.68. The lowest BCUT2D eigenvalue weighted by Gasteiger charge is -2.07. The molecule has 128 valence electrons. The van der Waals surface area contributed by atoms with E-state index in [1.807, 2.05) is 35.9 Å². The molecule has 3 aromatic rings. The Labute approximate surface area is 145 Å². The third kappa shape index (κ3) is 3.06.